The minimum absolute atomic E-state index is 0.228. The van der Waals surface area contributed by atoms with Crippen LogP contribution in [0.15, 0.2) is 0 Å². The first kappa shape index (κ1) is 8.62. The van der Waals surface area contributed by atoms with Gasteiger partial charge in [0.1, 0.15) is 6.10 Å². The van der Waals surface area contributed by atoms with Crippen molar-refractivity contribution in [2.45, 2.75) is 39.2 Å². The lowest BCUT2D eigenvalue weighted by Crippen LogP contribution is -2.16. The van der Waals surface area contributed by atoms with Crippen molar-refractivity contribution in [1.82, 2.24) is 0 Å². The summed E-state index contributed by atoms with van der Waals surface area (Å²) in [4.78, 5) is 0. The fourth-order valence-electron chi connectivity index (χ4n) is 1.11. The predicted octanol–water partition coefficient (Wildman–Crippen LogP) is 2.21. The highest BCUT2D eigenvalue weighted by atomic mass is 16.5. The summed E-state index contributed by atoms with van der Waals surface area (Å²) in [6.45, 7) is 5.11. The minimum Gasteiger partial charge on any atom is -0.366 e. The van der Waals surface area contributed by atoms with Crippen LogP contribution in [0, 0.1) is 17.8 Å². The second-order valence-corrected chi connectivity index (χ2v) is 3.30. The molecule has 1 nitrogen and oxygen atoms in total. The maximum Gasteiger partial charge on any atom is 0.118 e. The molecule has 1 unspecified atom stereocenters. The molecule has 1 rings (SSSR count). The Labute approximate surface area is 69.1 Å². The third kappa shape index (κ3) is 3.43. The summed E-state index contributed by atoms with van der Waals surface area (Å²) in [6, 6.07) is 0. The lowest BCUT2D eigenvalue weighted by molar-refractivity contribution is 0.0524. The van der Waals surface area contributed by atoms with Gasteiger partial charge in [-0.1, -0.05) is 25.7 Å². The van der Waals surface area contributed by atoms with Gasteiger partial charge in [0, 0.05) is 12.5 Å². The summed E-state index contributed by atoms with van der Waals surface area (Å²) < 4.78 is 5.45. The molecule has 1 heteroatoms. The molecule has 0 N–H and O–H groups in total. The maximum atomic E-state index is 5.45. The van der Waals surface area contributed by atoms with Crippen molar-refractivity contribution >= 4 is 0 Å². The molecule has 0 amide bonds. The summed E-state index contributed by atoms with van der Waals surface area (Å²) in [5.41, 5.74) is 0. The van der Waals surface area contributed by atoms with E-state index in [1.54, 1.807) is 0 Å². The van der Waals surface area contributed by atoms with Crippen LogP contribution in [-0.2, 0) is 4.74 Å². The topological polar surface area (TPSA) is 9.23 Å². The number of hydrogen-bond donors (Lipinski definition) is 0. The Bertz CT molecular complexity index is 155. The van der Waals surface area contributed by atoms with Gasteiger partial charge in [-0.3, -0.25) is 0 Å². The normalized spacial score (nSPS) is 24.5. The van der Waals surface area contributed by atoms with Crippen LogP contribution in [0.1, 0.15) is 33.1 Å². The molecule has 11 heavy (non-hydrogen) atoms. The SMILES string of the molecule is CC(C)C#CC1CCCCO1. The molecule has 0 aliphatic carbocycles. The van der Waals surface area contributed by atoms with E-state index in [2.05, 4.69) is 25.7 Å². The van der Waals surface area contributed by atoms with E-state index >= 15 is 0 Å². The first-order valence-electron chi connectivity index (χ1n) is 4.41. The van der Waals surface area contributed by atoms with Crippen molar-refractivity contribution in [2.24, 2.45) is 5.92 Å². The molecule has 1 aliphatic rings. The third-order valence-corrected chi connectivity index (χ3v) is 1.71. The van der Waals surface area contributed by atoms with E-state index in [4.69, 9.17) is 4.74 Å². The number of ether oxygens (including phenoxy) is 1. The predicted molar refractivity (Wildman–Crippen MR) is 46.2 cm³/mol. The monoisotopic (exact) mass is 152 g/mol. The third-order valence-electron chi connectivity index (χ3n) is 1.71. The second kappa shape index (κ2) is 4.41. The van der Waals surface area contributed by atoms with Crippen molar-refractivity contribution in [3.05, 3.63) is 0 Å². The van der Waals surface area contributed by atoms with Crippen molar-refractivity contribution < 1.29 is 4.74 Å². The summed E-state index contributed by atoms with van der Waals surface area (Å²) in [7, 11) is 0. The van der Waals surface area contributed by atoms with Crippen LogP contribution < -0.4 is 0 Å². The van der Waals surface area contributed by atoms with Gasteiger partial charge in [0.2, 0.25) is 0 Å². The zero-order valence-corrected chi connectivity index (χ0v) is 7.39. The Balaban J connectivity index is 2.31. The van der Waals surface area contributed by atoms with Gasteiger partial charge >= 0.3 is 0 Å². The molecule has 1 saturated heterocycles. The van der Waals surface area contributed by atoms with Gasteiger partial charge in [0.25, 0.3) is 0 Å². The zero-order valence-electron chi connectivity index (χ0n) is 7.39. The van der Waals surface area contributed by atoms with E-state index in [9.17, 15) is 0 Å². The standard InChI is InChI=1S/C10H16O/c1-9(2)6-7-10-5-3-4-8-11-10/h9-10H,3-5,8H2,1-2H3. The smallest absolute Gasteiger partial charge is 0.118 e. The molecule has 1 atom stereocenters. The summed E-state index contributed by atoms with van der Waals surface area (Å²) in [6.07, 6.45) is 3.84. The van der Waals surface area contributed by atoms with E-state index in [0.29, 0.717) is 5.92 Å². The molecule has 0 aromatic heterocycles. The fourth-order valence-corrected chi connectivity index (χ4v) is 1.11. The molecule has 0 radical (unpaired) electrons. The Kier molecular flexibility index (Phi) is 3.45. The second-order valence-electron chi connectivity index (χ2n) is 3.30. The molecule has 1 aliphatic heterocycles. The zero-order chi connectivity index (χ0) is 8.10. The number of hydrogen-bond acceptors (Lipinski definition) is 1. The fraction of sp³-hybridized carbons (Fsp3) is 0.800. The summed E-state index contributed by atoms with van der Waals surface area (Å²) in [5, 5.41) is 0. The highest BCUT2D eigenvalue weighted by Crippen LogP contribution is 2.11. The molecule has 62 valence electrons. The van der Waals surface area contributed by atoms with Crippen LogP contribution in [0.25, 0.3) is 0 Å². The van der Waals surface area contributed by atoms with E-state index < -0.39 is 0 Å². The quantitative estimate of drug-likeness (QED) is 0.484. The van der Waals surface area contributed by atoms with Crippen LogP contribution in [0.3, 0.4) is 0 Å². The Morgan fingerprint density at radius 3 is 2.73 bits per heavy atom. The molecular formula is C10H16O. The molecule has 0 aromatic carbocycles. The summed E-state index contributed by atoms with van der Waals surface area (Å²) >= 11 is 0. The van der Waals surface area contributed by atoms with E-state index in [0.717, 1.165) is 13.0 Å². The van der Waals surface area contributed by atoms with Gasteiger partial charge in [0.15, 0.2) is 0 Å². The van der Waals surface area contributed by atoms with E-state index in [-0.39, 0.29) is 6.10 Å². The first-order chi connectivity index (χ1) is 5.29. The van der Waals surface area contributed by atoms with Gasteiger partial charge in [-0.25, -0.2) is 0 Å². The summed E-state index contributed by atoms with van der Waals surface area (Å²) in [5.74, 6) is 6.76. The Morgan fingerprint density at radius 2 is 2.18 bits per heavy atom. The largest absolute Gasteiger partial charge is 0.366 e. The van der Waals surface area contributed by atoms with Crippen LogP contribution in [0.2, 0.25) is 0 Å². The molecule has 0 saturated carbocycles. The van der Waals surface area contributed by atoms with Gasteiger partial charge in [0.05, 0.1) is 0 Å². The lowest BCUT2D eigenvalue weighted by atomic mass is 10.1. The van der Waals surface area contributed by atoms with E-state index in [1.165, 1.54) is 12.8 Å². The highest BCUT2D eigenvalue weighted by molar-refractivity contribution is 5.07. The van der Waals surface area contributed by atoms with Gasteiger partial charge in [-0.05, 0) is 19.3 Å². The van der Waals surface area contributed by atoms with E-state index in [1.807, 2.05) is 0 Å². The molecule has 1 fully saturated rings. The van der Waals surface area contributed by atoms with Crippen molar-refractivity contribution in [2.75, 3.05) is 6.61 Å². The van der Waals surface area contributed by atoms with Gasteiger partial charge in [-0.2, -0.15) is 0 Å². The average Bonchev–Trinajstić information content (AvgIpc) is 2.03. The van der Waals surface area contributed by atoms with Crippen LogP contribution >= 0.6 is 0 Å². The first-order valence-corrected chi connectivity index (χ1v) is 4.41. The van der Waals surface area contributed by atoms with Crippen molar-refractivity contribution in [3.8, 4) is 11.8 Å². The Hall–Kier alpha value is -0.480. The van der Waals surface area contributed by atoms with Crippen LogP contribution in [0.5, 0.6) is 0 Å². The molecule has 1 heterocycles. The van der Waals surface area contributed by atoms with Gasteiger partial charge in [-0.15, -0.1) is 0 Å². The maximum absolute atomic E-state index is 5.45. The lowest BCUT2D eigenvalue weighted by Gasteiger charge is -2.17. The molecule has 0 bridgehead atoms. The average molecular weight is 152 g/mol. The van der Waals surface area contributed by atoms with Crippen molar-refractivity contribution in [1.29, 1.82) is 0 Å². The Morgan fingerprint density at radius 1 is 1.36 bits per heavy atom. The van der Waals surface area contributed by atoms with Gasteiger partial charge < -0.3 is 4.74 Å². The minimum atomic E-state index is 0.228. The molecule has 0 aromatic rings. The van der Waals surface area contributed by atoms with Crippen molar-refractivity contribution in [3.63, 3.8) is 0 Å². The highest BCUT2D eigenvalue weighted by Gasteiger charge is 2.09. The number of rotatable bonds is 0. The molecular weight excluding hydrogens is 136 g/mol. The van der Waals surface area contributed by atoms with Crippen LogP contribution in [0.4, 0.5) is 0 Å². The van der Waals surface area contributed by atoms with Crippen LogP contribution in [-0.4, -0.2) is 12.7 Å². The molecule has 0 spiro atoms.